The molecule has 3 rings (SSSR count). The predicted molar refractivity (Wildman–Crippen MR) is 116 cm³/mol. The molecule has 9 nitrogen and oxygen atoms in total. The van der Waals surface area contributed by atoms with Gasteiger partial charge in [-0.05, 0) is 32.3 Å². The van der Waals surface area contributed by atoms with E-state index >= 15 is 0 Å². The van der Waals surface area contributed by atoms with Crippen LogP contribution in [0.15, 0.2) is 30.3 Å². The van der Waals surface area contributed by atoms with Crippen molar-refractivity contribution in [1.82, 2.24) is 18.8 Å². The summed E-state index contributed by atoms with van der Waals surface area (Å²) in [6.45, 7) is 5.56. The molecule has 2 amide bonds. The van der Waals surface area contributed by atoms with Crippen LogP contribution >= 0.6 is 0 Å². The van der Waals surface area contributed by atoms with Crippen LogP contribution < -0.4 is 5.32 Å². The van der Waals surface area contributed by atoms with Gasteiger partial charge in [-0.2, -0.15) is 17.0 Å². The molecule has 10 heteroatoms. The SMILES string of the molecule is CCOC(=O)N1CCN(S(=O)(=O)N2CCC[C@H](C(=O)N[C@@H](C)c3ccccc3)C2)CC1. The molecule has 2 fully saturated rings. The molecule has 1 aromatic carbocycles. The largest absolute Gasteiger partial charge is 0.450 e. The Morgan fingerprint density at radius 1 is 1.10 bits per heavy atom. The van der Waals surface area contributed by atoms with Gasteiger partial charge in [0.15, 0.2) is 0 Å². The molecule has 2 aliphatic heterocycles. The lowest BCUT2D eigenvalue weighted by atomic mass is 9.98. The monoisotopic (exact) mass is 452 g/mol. The number of nitrogens with zero attached hydrogens (tertiary/aromatic N) is 3. The Bertz CT molecular complexity index is 856. The number of carbonyl (C=O) groups is 2. The maximum Gasteiger partial charge on any atom is 0.409 e. The number of ether oxygens (including phenoxy) is 1. The van der Waals surface area contributed by atoms with Crippen LogP contribution in [0.1, 0.15) is 38.3 Å². The highest BCUT2D eigenvalue weighted by atomic mass is 32.2. The highest BCUT2D eigenvalue weighted by Crippen LogP contribution is 2.23. The third-order valence-corrected chi connectivity index (χ3v) is 7.83. The fourth-order valence-corrected chi connectivity index (χ4v) is 5.68. The highest BCUT2D eigenvalue weighted by molar-refractivity contribution is 7.86. The summed E-state index contributed by atoms with van der Waals surface area (Å²) in [5.74, 6) is -0.501. The Morgan fingerprint density at radius 2 is 1.77 bits per heavy atom. The molecule has 31 heavy (non-hydrogen) atoms. The number of amides is 2. The van der Waals surface area contributed by atoms with Crippen molar-refractivity contribution in [2.75, 3.05) is 45.9 Å². The number of hydrogen-bond donors (Lipinski definition) is 1. The van der Waals surface area contributed by atoms with Gasteiger partial charge >= 0.3 is 6.09 Å². The number of piperazine rings is 1. The van der Waals surface area contributed by atoms with Crippen LogP contribution in [0.4, 0.5) is 4.79 Å². The molecule has 0 aromatic heterocycles. The van der Waals surface area contributed by atoms with Crippen molar-refractivity contribution >= 4 is 22.2 Å². The van der Waals surface area contributed by atoms with Gasteiger partial charge in [0.1, 0.15) is 0 Å². The highest BCUT2D eigenvalue weighted by Gasteiger charge is 2.38. The lowest BCUT2D eigenvalue weighted by Gasteiger charge is -2.38. The summed E-state index contributed by atoms with van der Waals surface area (Å²) in [7, 11) is -3.69. The summed E-state index contributed by atoms with van der Waals surface area (Å²) < 4.78 is 34.1. The average molecular weight is 453 g/mol. The van der Waals surface area contributed by atoms with Crippen LogP contribution in [0.5, 0.6) is 0 Å². The average Bonchev–Trinajstić information content (AvgIpc) is 2.80. The maximum atomic E-state index is 13.1. The minimum absolute atomic E-state index is 0.122. The Balaban J connectivity index is 1.56. The molecule has 0 unspecified atom stereocenters. The van der Waals surface area contributed by atoms with E-state index in [9.17, 15) is 18.0 Å². The van der Waals surface area contributed by atoms with Crippen molar-refractivity contribution < 1.29 is 22.7 Å². The lowest BCUT2D eigenvalue weighted by molar-refractivity contribution is -0.126. The topological polar surface area (TPSA) is 99.3 Å². The van der Waals surface area contributed by atoms with Gasteiger partial charge in [0.25, 0.3) is 10.2 Å². The van der Waals surface area contributed by atoms with Crippen LogP contribution in [0.25, 0.3) is 0 Å². The number of hydrogen-bond acceptors (Lipinski definition) is 5. The molecule has 0 spiro atoms. The molecule has 172 valence electrons. The fraction of sp³-hybridized carbons (Fsp3) is 0.619. The van der Waals surface area contributed by atoms with Crippen molar-refractivity contribution in [2.45, 2.75) is 32.7 Å². The van der Waals surface area contributed by atoms with Gasteiger partial charge in [0, 0.05) is 39.3 Å². The minimum Gasteiger partial charge on any atom is -0.450 e. The first-order valence-corrected chi connectivity index (χ1v) is 12.2. The third kappa shape index (κ3) is 5.75. The summed E-state index contributed by atoms with van der Waals surface area (Å²) in [5, 5.41) is 3.02. The first kappa shape index (κ1) is 23.5. The summed E-state index contributed by atoms with van der Waals surface area (Å²) in [5.41, 5.74) is 1.01. The van der Waals surface area contributed by atoms with Crippen molar-refractivity contribution in [3.63, 3.8) is 0 Å². The molecule has 0 radical (unpaired) electrons. The van der Waals surface area contributed by atoms with Gasteiger partial charge in [-0.15, -0.1) is 0 Å². The van der Waals surface area contributed by atoms with Crippen molar-refractivity contribution in [3.05, 3.63) is 35.9 Å². The van der Waals surface area contributed by atoms with E-state index in [4.69, 9.17) is 4.74 Å². The first-order chi connectivity index (χ1) is 14.8. The Hall–Kier alpha value is -2.17. The second-order valence-corrected chi connectivity index (χ2v) is 9.86. The molecule has 0 saturated carbocycles. The Kier molecular flexibility index (Phi) is 7.90. The van der Waals surface area contributed by atoms with Crippen LogP contribution in [0.3, 0.4) is 0 Å². The summed E-state index contributed by atoms with van der Waals surface area (Å²) in [4.78, 5) is 26.2. The predicted octanol–water partition coefficient (Wildman–Crippen LogP) is 1.59. The molecule has 2 aliphatic rings. The molecule has 2 atom stereocenters. The van der Waals surface area contributed by atoms with Crippen molar-refractivity contribution in [2.24, 2.45) is 5.92 Å². The normalized spacial score (nSPS) is 22.0. The Labute approximate surface area is 184 Å². The zero-order chi connectivity index (χ0) is 22.4. The molecule has 2 heterocycles. The first-order valence-electron chi connectivity index (χ1n) is 10.8. The molecule has 1 aromatic rings. The van der Waals surface area contributed by atoms with Crippen LogP contribution in [-0.4, -0.2) is 79.8 Å². The second kappa shape index (κ2) is 10.4. The second-order valence-electron chi connectivity index (χ2n) is 7.93. The zero-order valence-electron chi connectivity index (χ0n) is 18.2. The van der Waals surface area contributed by atoms with E-state index in [0.717, 1.165) is 5.56 Å². The van der Waals surface area contributed by atoms with E-state index in [2.05, 4.69) is 5.32 Å². The molecule has 0 bridgehead atoms. The summed E-state index contributed by atoms with van der Waals surface area (Å²) in [6.07, 6.45) is 0.886. The van der Waals surface area contributed by atoms with Gasteiger partial charge in [-0.25, -0.2) is 4.79 Å². The number of benzene rings is 1. The smallest absolute Gasteiger partial charge is 0.409 e. The van der Waals surface area contributed by atoms with Crippen LogP contribution in [-0.2, 0) is 19.7 Å². The lowest BCUT2D eigenvalue weighted by Crippen LogP contribution is -2.56. The minimum atomic E-state index is -3.69. The van der Waals surface area contributed by atoms with Crippen molar-refractivity contribution in [3.8, 4) is 0 Å². The summed E-state index contributed by atoms with van der Waals surface area (Å²) >= 11 is 0. The maximum absolute atomic E-state index is 13.1. The fourth-order valence-electron chi connectivity index (χ4n) is 4.00. The molecule has 0 aliphatic carbocycles. The number of nitrogens with one attached hydrogen (secondary N) is 1. The molecule has 2 saturated heterocycles. The van der Waals surface area contributed by atoms with E-state index in [1.165, 1.54) is 13.5 Å². The van der Waals surface area contributed by atoms with Gasteiger partial charge in [-0.3, -0.25) is 4.79 Å². The number of piperidine rings is 1. The molecular weight excluding hydrogens is 420 g/mol. The van der Waals surface area contributed by atoms with Gasteiger partial charge in [0.05, 0.1) is 18.6 Å². The standard InChI is InChI=1S/C21H32N4O5S/c1-3-30-21(27)23-12-14-24(15-13-23)31(28,29)25-11-7-10-19(16-25)20(26)22-17(2)18-8-5-4-6-9-18/h4-6,8-9,17,19H,3,7,10-16H2,1-2H3,(H,22,26)/t17-,19-/m0/s1. The van der Waals surface area contributed by atoms with E-state index in [1.54, 1.807) is 6.92 Å². The van der Waals surface area contributed by atoms with Gasteiger partial charge < -0.3 is 15.0 Å². The van der Waals surface area contributed by atoms with Crippen LogP contribution in [0.2, 0.25) is 0 Å². The van der Waals surface area contributed by atoms with Gasteiger partial charge in [-0.1, -0.05) is 30.3 Å². The Morgan fingerprint density at radius 3 is 2.42 bits per heavy atom. The zero-order valence-corrected chi connectivity index (χ0v) is 19.0. The van der Waals surface area contributed by atoms with Crippen LogP contribution in [0, 0.1) is 5.92 Å². The third-order valence-electron chi connectivity index (χ3n) is 5.83. The van der Waals surface area contributed by atoms with Crippen molar-refractivity contribution in [1.29, 1.82) is 0 Å². The van der Waals surface area contributed by atoms with Gasteiger partial charge in [0.2, 0.25) is 5.91 Å². The molecule has 1 N–H and O–H groups in total. The van der Waals surface area contributed by atoms with E-state index in [1.807, 2.05) is 37.3 Å². The molecular formula is C21H32N4O5S. The number of carbonyl (C=O) groups excluding carboxylic acids is 2. The summed E-state index contributed by atoms with van der Waals surface area (Å²) in [6, 6.07) is 9.55. The quantitative estimate of drug-likeness (QED) is 0.707. The van der Waals surface area contributed by atoms with E-state index < -0.39 is 16.3 Å². The van der Waals surface area contributed by atoms with E-state index in [0.29, 0.717) is 32.5 Å². The van der Waals surface area contributed by atoms with E-state index in [-0.39, 0.29) is 44.1 Å². The number of rotatable bonds is 6.